The SMILES string of the molecule is COc1cc(C)c(CCl)cc1C(C)(C)C. The fourth-order valence-corrected chi connectivity index (χ4v) is 1.91. The first-order valence-corrected chi connectivity index (χ1v) is 5.67. The first-order chi connectivity index (χ1) is 6.90. The summed E-state index contributed by atoms with van der Waals surface area (Å²) in [5, 5.41) is 0. The average Bonchev–Trinajstić information content (AvgIpc) is 2.15. The van der Waals surface area contributed by atoms with Gasteiger partial charge in [-0.3, -0.25) is 0 Å². The van der Waals surface area contributed by atoms with Gasteiger partial charge in [0.1, 0.15) is 5.75 Å². The zero-order chi connectivity index (χ0) is 11.6. The van der Waals surface area contributed by atoms with Gasteiger partial charge in [0, 0.05) is 5.88 Å². The fourth-order valence-electron chi connectivity index (χ4n) is 1.63. The molecule has 0 radical (unpaired) electrons. The highest BCUT2D eigenvalue weighted by Gasteiger charge is 2.20. The van der Waals surface area contributed by atoms with Crippen molar-refractivity contribution >= 4 is 11.6 Å². The molecule has 2 heteroatoms. The van der Waals surface area contributed by atoms with Crippen molar-refractivity contribution in [2.45, 2.75) is 39.0 Å². The van der Waals surface area contributed by atoms with E-state index in [1.165, 1.54) is 16.7 Å². The van der Waals surface area contributed by atoms with Crippen LogP contribution in [0.4, 0.5) is 0 Å². The molecule has 0 aliphatic carbocycles. The maximum atomic E-state index is 5.91. The molecule has 0 bridgehead atoms. The van der Waals surface area contributed by atoms with E-state index in [9.17, 15) is 0 Å². The Hall–Kier alpha value is -0.690. The van der Waals surface area contributed by atoms with Gasteiger partial charge in [-0.1, -0.05) is 26.8 Å². The number of rotatable bonds is 2. The first-order valence-electron chi connectivity index (χ1n) is 5.14. The van der Waals surface area contributed by atoms with Crippen LogP contribution in [0, 0.1) is 6.92 Å². The Kier molecular flexibility index (Phi) is 3.67. The Balaban J connectivity index is 3.36. The van der Waals surface area contributed by atoms with Crippen molar-refractivity contribution in [1.29, 1.82) is 0 Å². The molecule has 0 atom stereocenters. The van der Waals surface area contributed by atoms with Crippen LogP contribution in [0.1, 0.15) is 37.5 Å². The van der Waals surface area contributed by atoms with Crippen LogP contribution in [-0.4, -0.2) is 7.11 Å². The van der Waals surface area contributed by atoms with Crippen LogP contribution in [-0.2, 0) is 11.3 Å². The van der Waals surface area contributed by atoms with Gasteiger partial charge in [-0.15, -0.1) is 11.6 Å². The summed E-state index contributed by atoms with van der Waals surface area (Å²) in [4.78, 5) is 0. The van der Waals surface area contributed by atoms with E-state index in [-0.39, 0.29) is 5.41 Å². The lowest BCUT2D eigenvalue weighted by molar-refractivity contribution is 0.397. The Morgan fingerprint density at radius 2 is 1.87 bits per heavy atom. The van der Waals surface area contributed by atoms with Crippen molar-refractivity contribution in [3.8, 4) is 5.75 Å². The summed E-state index contributed by atoms with van der Waals surface area (Å²) in [6.07, 6.45) is 0. The molecular formula is C13H19ClO. The molecule has 15 heavy (non-hydrogen) atoms. The van der Waals surface area contributed by atoms with Crippen LogP contribution in [0.5, 0.6) is 5.75 Å². The molecule has 0 unspecified atom stereocenters. The third-order valence-corrected chi connectivity index (χ3v) is 2.90. The standard InChI is InChI=1S/C13H19ClO/c1-9-6-12(15-5)11(13(2,3)4)7-10(9)8-14/h6-7H,8H2,1-5H3. The summed E-state index contributed by atoms with van der Waals surface area (Å²) < 4.78 is 5.41. The third-order valence-electron chi connectivity index (χ3n) is 2.61. The number of hydrogen-bond donors (Lipinski definition) is 0. The lowest BCUT2D eigenvalue weighted by Crippen LogP contribution is -2.13. The maximum absolute atomic E-state index is 5.91. The van der Waals surface area contributed by atoms with Gasteiger partial charge in [0.25, 0.3) is 0 Å². The molecule has 1 aromatic carbocycles. The summed E-state index contributed by atoms with van der Waals surface area (Å²) in [6, 6.07) is 4.22. The highest BCUT2D eigenvalue weighted by atomic mass is 35.5. The molecule has 0 N–H and O–H groups in total. The van der Waals surface area contributed by atoms with Gasteiger partial charge in [-0.25, -0.2) is 0 Å². The van der Waals surface area contributed by atoms with E-state index in [1.54, 1.807) is 7.11 Å². The topological polar surface area (TPSA) is 9.23 Å². The molecular weight excluding hydrogens is 208 g/mol. The van der Waals surface area contributed by atoms with Crippen LogP contribution >= 0.6 is 11.6 Å². The minimum Gasteiger partial charge on any atom is -0.496 e. The highest BCUT2D eigenvalue weighted by molar-refractivity contribution is 6.17. The quantitative estimate of drug-likeness (QED) is 0.692. The maximum Gasteiger partial charge on any atom is 0.122 e. The van der Waals surface area contributed by atoms with E-state index >= 15 is 0 Å². The largest absolute Gasteiger partial charge is 0.496 e. The Labute approximate surface area is 97.4 Å². The second-order valence-corrected chi connectivity index (χ2v) is 5.13. The van der Waals surface area contributed by atoms with Gasteiger partial charge in [0.15, 0.2) is 0 Å². The van der Waals surface area contributed by atoms with E-state index in [0.717, 1.165) is 5.75 Å². The van der Waals surface area contributed by atoms with Crippen molar-refractivity contribution in [3.63, 3.8) is 0 Å². The molecule has 0 spiro atoms. The molecule has 0 amide bonds. The Bertz CT molecular complexity index is 350. The third kappa shape index (κ3) is 2.66. The zero-order valence-electron chi connectivity index (χ0n) is 10.1. The second-order valence-electron chi connectivity index (χ2n) is 4.86. The molecule has 84 valence electrons. The molecule has 1 aromatic rings. The van der Waals surface area contributed by atoms with Gasteiger partial charge in [-0.2, -0.15) is 0 Å². The van der Waals surface area contributed by atoms with Gasteiger partial charge in [0.2, 0.25) is 0 Å². The molecule has 0 fully saturated rings. The normalized spacial score (nSPS) is 11.6. The van der Waals surface area contributed by atoms with E-state index in [0.29, 0.717) is 5.88 Å². The highest BCUT2D eigenvalue weighted by Crippen LogP contribution is 2.33. The molecule has 0 saturated heterocycles. The van der Waals surface area contributed by atoms with Crippen LogP contribution in [0.15, 0.2) is 12.1 Å². The number of aryl methyl sites for hydroxylation is 1. The lowest BCUT2D eigenvalue weighted by atomic mass is 9.84. The number of alkyl halides is 1. The molecule has 0 aliphatic heterocycles. The van der Waals surface area contributed by atoms with Crippen molar-refractivity contribution in [2.24, 2.45) is 0 Å². The van der Waals surface area contributed by atoms with E-state index in [1.807, 2.05) is 0 Å². The molecule has 0 aromatic heterocycles. The van der Waals surface area contributed by atoms with Crippen molar-refractivity contribution in [1.82, 2.24) is 0 Å². The van der Waals surface area contributed by atoms with E-state index in [2.05, 4.69) is 39.8 Å². The summed E-state index contributed by atoms with van der Waals surface area (Å²) in [5.74, 6) is 1.51. The molecule has 1 nitrogen and oxygen atoms in total. The average molecular weight is 227 g/mol. The van der Waals surface area contributed by atoms with Crippen LogP contribution in [0.3, 0.4) is 0 Å². The molecule has 1 rings (SSSR count). The number of halogens is 1. The van der Waals surface area contributed by atoms with Crippen LogP contribution in [0.25, 0.3) is 0 Å². The molecule has 0 saturated carbocycles. The van der Waals surface area contributed by atoms with Gasteiger partial charge < -0.3 is 4.74 Å². The fraction of sp³-hybridized carbons (Fsp3) is 0.538. The van der Waals surface area contributed by atoms with Crippen LogP contribution in [0.2, 0.25) is 0 Å². The summed E-state index contributed by atoms with van der Waals surface area (Å²) >= 11 is 5.91. The number of hydrogen-bond acceptors (Lipinski definition) is 1. The lowest BCUT2D eigenvalue weighted by Gasteiger charge is -2.23. The van der Waals surface area contributed by atoms with E-state index in [4.69, 9.17) is 16.3 Å². The smallest absolute Gasteiger partial charge is 0.122 e. The monoisotopic (exact) mass is 226 g/mol. The second kappa shape index (κ2) is 4.44. The summed E-state index contributed by atoms with van der Waals surface area (Å²) in [6.45, 7) is 8.60. The Morgan fingerprint density at radius 3 is 2.27 bits per heavy atom. The van der Waals surface area contributed by atoms with Crippen molar-refractivity contribution in [3.05, 3.63) is 28.8 Å². The Morgan fingerprint density at radius 1 is 1.27 bits per heavy atom. The number of benzene rings is 1. The van der Waals surface area contributed by atoms with E-state index < -0.39 is 0 Å². The predicted molar refractivity (Wildman–Crippen MR) is 66.0 cm³/mol. The minimum absolute atomic E-state index is 0.0832. The van der Waals surface area contributed by atoms with Gasteiger partial charge >= 0.3 is 0 Å². The van der Waals surface area contributed by atoms with Crippen LogP contribution < -0.4 is 4.74 Å². The van der Waals surface area contributed by atoms with Gasteiger partial charge in [-0.05, 0) is 35.1 Å². The first kappa shape index (κ1) is 12.4. The summed E-state index contributed by atoms with van der Waals surface area (Å²) in [7, 11) is 1.71. The number of ether oxygens (including phenoxy) is 1. The van der Waals surface area contributed by atoms with Gasteiger partial charge in [0.05, 0.1) is 7.11 Å². The summed E-state index contributed by atoms with van der Waals surface area (Å²) in [5.41, 5.74) is 3.67. The molecule has 0 heterocycles. The zero-order valence-corrected chi connectivity index (χ0v) is 10.9. The predicted octanol–water partition coefficient (Wildman–Crippen LogP) is 4.04. The minimum atomic E-state index is 0.0832. The van der Waals surface area contributed by atoms with Crippen molar-refractivity contribution in [2.75, 3.05) is 7.11 Å². The number of methoxy groups -OCH3 is 1. The molecule has 0 aliphatic rings. The van der Waals surface area contributed by atoms with Crippen molar-refractivity contribution < 1.29 is 4.74 Å².